The number of aliphatic hydroxyl groups is 1. The van der Waals surface area contributed by atoms with Crippen LogP contribution in [0.1, 0.15) is 26.2 Å². The lowest BCUT2D eigenvalue weighted by Gasteiger charge is -2.07. The zero-order chi connectivity index (χ0) is 13.4. The van der Waals surface area contributed by atoms with E-state index in [1.54, 1.807) is 31.2 Å². The largest absolute Gasteiger partial charge is 0.396 e. The van der Waals surface area contributed by atoms with E-state index in [1.165, 1.54) is 0 Å². The van der Waals surface area contributed by atoms with Gasteiger partial charge in [-0.15, -0.1) is 0 Å². The zero-order valence-electron chi connectivity index (χ0n) is 10.4. The molecule has 0 atom stereocenters. The van der Waals surface area contributed by atoms with Gasteiger partial charge in [-0.2, -0.15) is 0 Å². The van der Waals surface area contributed by atoms with Crippen LogP contribution in [0.2, 0.25) is 0 Å². The average molecular weight is 250 g/mol. The molecule has 0 radical (unpaired) electrons. The smallest absolute Gasteiger partial charge is 0.224 e. The van der Waals surface area contributed by atoms with Crippen molar-refractivity contribution in [3.8, 4) is 0 Å². The number of nitrogens with one attached hydrogen (secondary N) is 2. The molecule has 0 fully saturated rings. The summed E-state index contributed by atoms with van der Waals surface area (Å²) in [6, 6.07) is 6.91. The maximum absolute atomic E-state index is 11.4. The lowest BCUT2D eigenvalue weighted by Crippen LogP contribution is -2.12. The van der Waals surface area contributed by atoms with Gasteiger partial charge in [0.1, 0.15) is 0 Å². The van der Waals surface area contributed by atoms with E-state index in [9.17, 15) is 9.59 Å². The molecule has 0 spiro atoms. The molecule has 0 saturated heterocycles. The molecule has 0 aromatic heterocycles. The summed E-state index contributed by atoms with van der Waals surface area (Å²) in [6.07, 6.45) is 1.18. The summed E-state index contributed by atoms with van der Waals surface area (Å²) in [7, 11) is 0. The van der Waals surface area contributed by atoms with Gasteiger partial charge in [-0.3, -0.25) is 9.59 Å². The van der Waals surface area contributed by atoms with Gasteiger partial charge in [0, 0.05) is 30.8 Å². The first kappa shape index (κ1) is 14.2. The van der Waals surface area contributed by atoms with E-state index in [1.807, 2.05) is 0 Å². The van der Waals surface area contributed by atoms with Crippen LogP contribution >= 0.6 is 0 Å². The van der Waals surface area contributed by atoms with Crippen molar-refractivity contribution in [2.45, 2.75) is 26.2 Å². The third kappa shape index (κ3) is 4.97. The third-order valence-electron chi connectivity index (χ3n) is 2.34. The molecule has 2 amide bonds. The second kappa shape index (κ2) is 7.45. The topological polar surface area (TPSA) is 78.4 Å². The van der Waals surface area contributed by atoms with Gasteiger partial charge in [0.25, 0.3) is 0 Å². The van der Waals surface area contributed by atoms with Crippen LogP contribution in [0.15, 0.2) is 24.3 Å². The number of carbonyl (C=O) groups is 2. The first-order chi connectivity index (χ1) is 8.65. The van der Waals surface area contributed by atoms with Crippen LogP contribution in [-0.2, 0) is 9.59 Å². The van der Waals surface area contributed by atoms with Gasteiger partial charge in [-0.25, -0.2) is 0 Å². The molecule has 0 heterocycles. The molecule has 0 saturated carbocycles. The van der Waals surface area contributed by atoms with E-state index in [4.69, 9.17) is 5.11 Å². The Hall–Kier alpha value is -1.88. The third-order valence-corrected chi connectivity index (χ3v) is 2.34. The highest BCUT2D eigenvalue weighted by Gasteiger charge is 2.02. The predicted octanol–water partition coefficient (Wildman–Crippen LogP) is 1.75. The number of aliphatic hydroxyl groups excluding tert-OH is 1. The molecular weight excluding hydrogens is 232 g/mol. The van der Waals surface area contributed by atoms with E-state index in [-0.39, 0.29) is 18.4 Å². The van der Waals surface area contributed by atoms with Crippen LogP contribution < -0.4 is 10.6 Å². The molecule has 0 unspecified atom stereocenters. The molecule has 3 N–H and O–H groups in total. The molecular formula is C13H18N2O3. The van der Waals surface area contributed by atoms with E-state index < -0.39 is 0 Å². The highest BCUT2D eigenvalue weighted by molar-refractivity contribution is 5.92. The fourth-order valence-electron chi connectivity index (χ4n) is 1.35. The maximum Gasteiger partial charge on any atom is 0.224 e. The molecule has 1 aromatic carbocycles. The van der Waals surface area contributed by atoms with Crippen molar-refractivity contribution in [2.75, 3.05) is 17.2 Å². The van der Waals surface area contributed by atoms with Crippen molar-refractivity contribution >= 4 is 23.2 Å². The summed E-state index contributed by atoms with van der Waals surface area (Å²) in [5.74, 6) is -0.177. The summed E-state index contributed by atoms with van der Waals surface area (Å²) in [4.78, 5) is 22.5. The lowest BCUT2D eigenvalue weighted by molar-refractivity contribution is -0.117. The maximum atomic E-state index is 11.4. The quantitative estimate of drug-likeness (QED) is 0.719. The number of hydrogen-bond donors (Lipinski definition) is 3. The molecule has 0 bridgehead atoms. The van der Waals surface area contributed by atoms with E-state index in [0.29, 0.717) is 30.6 Å². The Morgan fingerprint density at radius 1 is 1.06 bits per heavy atom. The van der Waals surface area contributed by atoms with Crippen LogP contribution in [0, 0.1) is 0 Å². The molecule has 18 heavy (non-hydrogen) atoms. The molecule has 5 heteroatoms. The van der Waals surface area contributed by atoms with Crippen LogP contribution in [-0.4, -0.2) is 23.5 Å². The molecule has 1 aromatic rings. The van der Waals surface area contributed by atoms with Crippen LogP contribution in [0.3, 0.4) is 0 Å². The van der Waals surface area contributed by atoms with Crippen LogP contribution in [0.25, 0.3) is 0 Å². The predicted molar refractivity (Wildman–Crippen MR) is 70.3 cm³/mol. The van der Waals surface area contributed by atoms with E-state index in [0.717, 1.165) is 0 Å². The van der Waals surface area contributed by atoms with Crippen molar-refractivity contribution in [3.05, 3.63) is 24.3 Å². The number of rotatable bonds is 6. The summed E-state index contributed by atoms with van der Waals surface area (Å²) in [6.45, 7) is 1.79. The van der Waals surface area contributed by atoms with Crippen molar-refractivity contribution in [3.63, 3.8) is 0 Å². The standard InChI is InChI=1S/C13H18N2O3/c1-2-12(17)14-10-5-7-11(8-6-10)15-13(18)4-3-9-16/h5-8,16H,2-4,9H2,1H3,(H,14,17)(H,15,18). The van der Waals surface area contributed by atoms with Gasteiger partial charge in [-0.05, 0) is 30.7 Å². The average Bonchev–Trinajstić information content (AvgIpc) is 2.38. The minimum Gasteiger partial charge on any atom is -0.396 e. The van der Waals surface area contributed by atoms with Crippen molar-refractivity contribution < 1.29 is 14.7 Å². The highest BCUT2D eigenvalue weighted by Crippen LogP contribution is 2.14. The van der Waals surface area contributed by atoms with Crippen molar-refractivity contribution in [1.82, 2.24) is 0 Å². The Morgan fingerprint density at radius 3 is 2.00 bits per heavy atom. The molecule has 0 aliphatic carbocycles. The Kier molecular flexibility index (Phi) is 5.87. The monoisotopic (exact) mass is 250 g/mol. The number of amides is 2. The van der Waals surface area contributed by atoms with Gasteiger partial charge in [0.15, 0.2) is 0 Å². The number of hydrogen-bond acceptors (Lipinski definition) is 3. The van der Waals surface area contributed by atoms with Gasteiger partial charge < -0.3 is 15.7 Å². The summed E-state index contributed by atoms with van der Waals surface area (Å²) < 4.78 is 0. The Labute approximate surface area is 106 Å². The highest BCUT2D eigenvalue weighted by atomic mass is 16.3. The first-order valence-corrected chi connectivity index (χ1v) is 5.96. The zero-order valence-corrected chi connectivity index (χ0v) is 10.4. The fourth-order valence-corrected chi connectivity index (χ4v) is 1.35. The first-order valence-electron chi connectivity index (χ1n) is 5.96. The fraction of sp³-hybridized carbons (Fsp3) is 0.385. The van der Waals surface area contributed by atoms with Crippen molar-refractivity contribution in [1.29, 1.82) is 0 Å². The SMILES string of the molecule is CCC(=O)Nc1ccc(NC(=O)CCCO)cc1. The Balaban J connectivity index is 2.49. The second-order valence-electron chi connectivity index (χ2n) is 3.85. The molecule has 98 valence electrons. The van der Waals surface area contributed by atoms with Gasteiger partial charge in [-0.1, -0.05) is 6.92 Å². The number of benzene rings is 1. The number of carbonyl (C=O) groups excluding carboxylic acids is 2. The molecule has 0 aliphatic heterocycles. The molecule has 1 rings (SSSR count). The minimum absolute atomic E-state index is 0.00933. The summed E-state index contributed by atoms with van der Waals surface area (Å²) in [5, 5.41) is 14.0. The Morgan fingerprint density at radius 2 is 1.56 bits per heavy atom. The molecule has 0 aliphatic rings. The van der Waals surface area contributed by atoms with E-state index in [2.05, 4.69) is 10.6 Å². The Bertz CT molecular complexity index is 401. The number of anilines is 2. The summed E-state index contributed by atoms with van der Waals surface area (Å²) in [5.41, 5.74) is 1.38. The normalized spacial score (nSPS) is 9.89. The molecule has 5 nitrogen and oxygen atoms in total. The van der Waals surface area contributed by atoms with Gasteiger partial charge in [0.05, 0.1) is 0 Å². The van der Waals surface area contributed by atoms with Crippen molar-refractivity contribution in [2.24, 2.45) is 0 Å². The summed E-state index contributed by atoms with van der Waals surface area (Å²) >= 11 is 0. The lowest BCUT2D eigenvalue weighted by atomic mass is 10.2. The minimum atomic E-state index is -0.130. The second-order valence-corrected chi connectivity index (χ2v) is 3.85. The van der Waals surface area contributed by atoms with Crippen LogP contribution in [0.4, 0.5) is 11.4 Å². The van der Waals surface area contributed by atoms with Gasteiger partial charge in [0.2, 0.25) is 11.8 Å². The van der Waals surface area contributed by atoms with Gasteiger partial charge >= 0.3 is 0 Å². The van der Waals surface area contributed by atoms with Crippen LogP contribution in [0.5, 0.6) is 0 Å². The van der Waals surface area contributed by atoms with E-state index >= 15 is 0 Å².